The second-order valence-electron chi connectivity index (χ2n) is 14.6. The minimum absolute atomic E-state index is 0.944. The topological polar surface area (TPSA) is 0 Å². The molecule has 0 nitrogen and oxygen atoms in total. The lowest BCUT2D eigenvalue weighted by Crippen LogP contribution is -2.03. The van der Waals surface area contributed by atoms with Gasteiger partial charge in [0.25, 0.3) is 0 Å². The Kier molecular flexibility index (Phi) is 5.33. The largest absolute Gasteiger partial charge is 0.135 e. The lowest BCUT2D eigenvalue weighted by Gasteiger charge is -2.28. The van der Waals surface area contributed by atoms with Crippen molar-refractivity contribution in [1.82, 2.24) is 0 Å². The first kappa shape index (κ1) is 27.9. The van der Waals surface area contributed by atoms with Gasteiger partial charge in [-0.05, 0) is 126 Å². The monoisotopic (exact) mass is 692 g/mol. The quantitative estimate of drug-likeness (QED) is 0.148. The molecule has 2 aromatic heterocycles. The summed E-state index contributed by atoms with van der Waals surface area (Å²) in [6, 6.07) is 55.7. The molecule has 2 heteroatoms. The van der Waals surface area contributed by atoms with Crippen molar-refractivity contribution >= 4 is 63.0 Å². The van der Waals surface area contributed by atoms with Crippen LogP contribution >= 0.6 is 22.7 Å². The van der Waals surface area contributed by atoms with Crippen LogP contribution in [0.15, 0.2) is 146 Å². The van der Waals surface area contributed by atoms with Crippen molar-refractivity contribution in [3.63, 3.8) is 0 Å². The Morgan fingerprint density at radius 3 is 1.17 bits per heavy atom. The molecule has 0 fully saturated rings. The molecule has 0 spiro atoms. The highest BCUT2D eigenvalue weighted by atomic mass is 32.1. The van der Waals surface area contributed by atoms with E-state index in [1.807, 2.05) is 22.7 Å². The van der Waals surface area contributed by atoms with E-state index < -0.39 is 0 Å². The van der Waals surface area contributed by atoms with Gasteiger partial charge >= 0.3 is 0 Å². The van der Waals surface area contributed by atoms with Crippen LogP contribution in [0.4, 0.5) is 0 Å². The summed E-state index contributed by atoms with van der Waals surface area (Å²) in [4.78, 5) is 0. The van der Waals surface area contributed by atoms with Crippen LogP contribution in [0, 0.1) is 0 Å². The smallest absolute Gasteiger partial charge is 0.0362 e. The van der Waals surface area contributed by atoms with E-state index in [2.05, 4.69) is 146 Å². The normalized spacial score (nSPS) is 13.2. The first-order chi connectivity index (χ1) is 25.8. The molecule has 13 rings (SSSR count). The van der Waals surface area contributed by atoms with Gasteiger partial charge in [-0.15, -0.1) is 22.7 Å². The van der Waals surface area contributed by atoms with Gasteiger partial charge in [-0.25, -0.2) is 0 Å². The first-order valence-corrected chi connectivity index (χ1v) is 19.8. The molecule has 0 saturated heterocycles. The molecule has 0 radical (unpaired) electrons. The number of rotatable bonds is 0. The van der Waals surface area contributed by atoms with Crippen LogP contribution in [0.25, 0.3) is 107 Å². The summed E-state index contributed by atoms with van der Waals surface area (Å²) in [6.07, 6.45) is 1.89. The molecule has 3 aliphatic carbocycles. The van der Waals surface area contributed by atoms with Crippen LogP contribution in [0.2, 0.25) is 0 Å². The molecule has 0 N–H and O–H groups in total. The number of fused-ring (bicyclic) bond motifs is 24. The molecule has 10 aromatic rings. The van der Waals surface area contributed by atoms with E-state index >= 15 is 0 Å². The zero-order valence-corrected chi connectivity index (χ0v) is 29.7. The fraction of sp³-hybridized carbons (Fsp3) is 0.0400. The van der Waals surface area contributed by atoms with E-state index in [1.165, 1.54) is 129 Å². The van der Waals surface area contributed by atoms with Crippen LogP contribution in [-0.4, -0.2) is 0 Å². The highest BCUT2D eigenvalue weighted by molar-refractivity contribution is 7.26. The summed E-state index contributed by atoms with van der Waals surface area (Å²) < 4.78 is 5.40. The number of benzene rings is 8. The molecule has 0 aliphatic heterocycles. The van der Waals surface area contributed by atoms with Crippen LogP contribution in [0.3, 0.4) is 0 Å². The number of hydrogen-bond acceptors (Lipinski definition) is 2. The van der Waals surface area contributed by atoms with E-state index in [4.69, 9.17) is 0 Å². The van der Waals surface area contributed by atoms with Gasteiger partial charge in [0, 0.05) is 40.3 Å². The van der Waals surface area contributed by atoms with Crippen molar-refractivity contribution in [3.05, 3.63) is 168 Å². The summed E-state index contributed by atoms with van der Waals surface area (Å²) >= 11 is 3.85. The first-order valence-electron chi connectivity index (χ1n) is 18.2. The molecule has 52 heavy (non-hydrogen) atoms. The molecule has 240 valence electrons. The van der Waals surface area contributed by atoms with Gasteiger partial charge in [0.15, 0.2) is 0 Å². The van der Waals surface area contributed by atoms with Crippen molar-refractivity contribution in [3.8, 4) is 66.8 Å². The maximum absolute atomic E-state index is 2.47. The Bertz CT molecular complexity index is 3020. The van der Waals surface area contributed by atoms with E-state index in [0.717, 1.165) is 12.8 Å². The minimum Gasteiger partial charge on any atom is -0.135 e. The zero-order valence-electron chi connectivity index (χ0n) is 28.1. The molecule has 3 aliphatic rings. The summed E-state index contributed by atoms with van der Waals surface area (Å²) in [5.41, 5.74) is 22.3. The summed E-state index contributed by atoms with van der Waals surface area (Å²) in [6.45, 7) is 0. The lowest BCUT2D eigenvalue weighted by atomic mass is 9.75. The predicted octanol–water partition coefficient (Wildman–Crippen LogP) is 14.5. The Balaban J connectivity index is 1.29. The van der Waals surface area contributed by atoms with Crippen molar-refractivity contribution in [2.75, 3.05) is 0 Å². The molecule has 0 saturated carbocycles. The average Bonchev–Trinajstić information content (AvgIpc) is 3.96. The lowest BCUT2D eigenvalue weighted by molar-refractivity contribution is 1.26. The van der Waals surface area contributed by atoms with Crippen LogP contribution < -0.4 is 0 Å². The molecule has 0 atom stereocenters. The highest BCUT2D eigenvalue weighted by Gasteiger charge is 2.34. The van der Waals surface area contributed by atoms with Crippen LogP contribution in [0.1, 0.15) is 22.3 Å². The Hall–Kier alpha value is -5.80. The van der Waals surface area contributed by atoms with Gasteiger partial charge in [0.05, 0.1) is 0 Å². The summed E-state index contributed by atoms with van der Waals surface area (Å²) in [5.74, 6) is 0. The number of hydrogen-bond donors (Lipinski definition) is 0. The molecule has 2 heterocycles. The van der Waals surface area contributed by atoms with Gasteiger partial charge in [0.1, 0.15) is 0 Å². The maximum atomic E-state index is 2.47. The third-order valence-corrected chi connectivity index (χ3v) is 14.4. The van der Waals surface area contributed by atoms with Crippen LogP contribution in [0.5, 0.6) is 0 Å². The molecule has 0 bridgehead atoms. The fourth-order valence-corrected chi connectivity index (χ4v) is 12.3. The van der Waals surface area contributed by atoms with Crippen LogP contribution in [-0.2, 0) is 12.8 Å². The van der Waals surface area contributed by atoms with Gasteiger partial charge in [-0.1, -0.05) is 121 Å². The van der Waals surface area contributed by atoms with E-state index in [0.29, 0.717) is 0 Å². The molecular weight excluding hydrogens is 665 g/mol. The van der Waals surface area contributed by atoms with Gasteiger partial charge in [-0.2, -0.15) is 0 Å². The fourth-order valence-electron chi connectivity index (χ4n) is 10.0. The van der Waals surface area contributed by atoms with Crippen molar-refractivity contribution in [1.29, 1.82) is 0 Å². The maximum Gasteiger partial charge on any atom is 0.0362 e. The molecule has 0 amide bonds. The van der Waals surface area contributed by atoms with Crippen molar-refractivity contribution in [2.24, 2.45) is 0 Å². The van der Waals surface area contributed by atoms with Gasteiger partial charge < -0.3 is 0 Å². The number of thiophene rings is 2. The van der Waals surface area contributed by atoms with E-state index in [-0.39, 0.29) is 0 Å². The highest BCUT2D eigenvalue weighted by Crippen LogP contribution is 2.59. The second kappa shape index (κ2) is 9.95. The van der Waals surface area contributed by atoms with Crippen molar-refractivity contribution < 1.29 is 0 Å². The zero-order chi connectivity index (χ0) is 33.7. The second-order valence-corrected chi connectivity index (χ2v) is 16.8. The SMILES string of the molecule is c1ccc2c(c1)Cc1c-2ccc2c1-c1c(ccc3sc4ccccc4c13)-c1ccc3sc4ccccc4c3c1-c1c-2ccc2c1Cc1ccccc1-2. The Labute approximate surface area is 308 Å². The summed E-state index contributed by atoms with van der Waals surface area (Å²) in [7, 11) is 0. The summed E-state index contributed by atoms with van der Waals surface area (Å²) in [5, 5.41) is 5.49. The standard InChI is InChI=1S/C50H28S2/c1-3-11-29-27(9-1)25-39-31(29)17-19-33-34-20-18-32-30-12-4-2-10-28(30)26-40(32)46(34)50-36(22-24-44-48(50)38-14-6-8-16-42(38)52-44)35-21-23-43-47(49(35)45(33)39)37-13-5-7-15-41(37)51-43/h1-24H,25-26H2. The molecule has 8 aromatic carbocycles. The Morgan fingerprint density at radius 1 is 0.288 bits per heavy atom. The van der Waals surface area contributed by atoms with E-state index in [9.17, 15) is 0 Å². The minimum atomic E-state index is 0.944. The third-order valence-electron chi connectivity index (χ3n) is 12.1. The average molecular weight is 693 g/mol. The third kappa shape index (κ3) is 3.47. The predicted molar refractivity (Wildman–Crippen MR) is 224 cm³/mol. The molecular formula is C50H28S2. The van der Waals surface area contributed by atoms with Gasteiger partial charge in [0.2, 0.25) is 0 Å². The van der Waals surface area contributed by atoms with Crippen molar-refractivity contribution in [2.45, 2.75) is 12.8 Å². The van der Waals surface area contributed by atoms with Gasteiger partial charge in [-0.3, -0.25) is 0 Å². The Morgan fingerprint density at radius 2 is 0.673 bits per heavy atom. The van der Waals surface area contributed by atoms with E-state index in [1.54, 1.807) is 0 Å². The molecule has 0 unspecified atom stereocenters.